The number of halogens is 1. The van der Waals surface area contributed by atoms with Crippen LogP contribution < -0.4 is 14.8 Å². The molecule has 1 aromatic carbocycles. The third kappa shape index (κ3) is 3.20. The van der Waals surface area contributed by atoms with Crippen molar-refractivity contribution in [2.75, 3.05) is 11.8 Å². The highest BCUT2D eigenvalue weighted by Crippen LogP contribution is 2.29. The van der Waals surface area contributed by atoms with Crippen molar-refractivity contribution >= 4 is 45.0 Å². The van der Waals surface area contributed by atoms with Gasteiger partial charge in [-0.15, -0.1) is 0 Å². The third-order valence-electron chi connectivity index (χ3n) is 2.85. The molecule has 1 aromatic rings. The van der Waals surface area contributed by atoms with Crippen molar-refractivity contribution in [3.8, 4) is 5.75 Å². The molecule has 0 aliphatic carbocycles. The van der Waals surface area contributed by atoms with Crippen LogP contribution in [-0.4, -0.2) is 38.4 Å². The summed E-state index contributed by atoms with van der Waals surface area (Å²) in [6, 6.07) is 3.45. The lowest BCUT2D eigenvalue weighted by atomic mass is 10.2. The first-order valence-electron chi connectivity index (χ1n) is 6.00. The van der Waals surface area contributed by atoms with E-state index in [-0.39, 0.29) is 22.2 Å². The number of nitrogens with zero attached hydrogens (tertiary/aromatic N) is 1. The summed E-state index contributed by atoms with van der Waals surface area (Å²) in [7, 11) is -2.83. The molecule has 0 saturated heterocycles. The molecular weight excluding hydrogens is 334 g/mol. The highest BCUT2D eigenvalue weighted by atomic mass is 35.5. The molecule has 3 amide bonds. The Morgan fingerprint density at radius 3 is 2.64 bits per heavy atom. The van der Waals surface area contributed by atoms with E-state index in [1.54, 1.807) is 0 Å². The third-order valence-corrected chi connectivity index (χ3v) is 4.76. The molecule has 1 heterocycles. The second-order valence-electron chi connectivity index (χ2n) is 4.42. The maximum atomic E-state index is 12.4. The van der Waals surface area contributed by atoms with Gasteiger partial charge in [0.2, 0.25) is 10.0 Å². The first-order valence-corrected chi connectivity index (χ1v) is 7.92. The minimum Gasteiger partial charge on any atom is -0.495 e. The fraction of sp³-hybridized carbons (Fsp3) is 0.250. The van der Waals surface area contributed by atoms with Gasteiger partial charge in [0.15, 0.2) is 5.25 Å². The number of amides is 3. The van der Waals surface area contributed by atoms with Crippen molar-refractivity contribution in [2.45, 2.75) is 12.2 Å². The Balaban J connectivity index is 2.40. The molecule has 1 aliphatic heterocycles. The van der Waals surface area contributed by atoms with E-state index in [9.17, 15) is 18.0 Å². The molecule has 1 atom stereocenters. The molecule has 2 rings (SSSR count). The van der Waals surface area contributed by atoms with Gasteiger partial charge in [-0.1, -0.05) is 11.6 Å². The number of carbonyl (C=O) groups is 2. The van der Waals surface area contributed by atoms with E-state index in [0.717, 1.165) is 0 Å². The summed E-state index contributed by atoms with van der Waals surface area (Å²) in [6.07, 6.45) is 0. The Hall–Kier alpha value is -2.13. The number of imide groups is 1. The van der Waals surface area contributed by atoms with Gasteiger partial charge in [-0.05, 0) is 25.1 Å². The smallest absolute Gasteiger partial charge is 0.347 e. The number of hydrogen-bond acceptors (Lipinski definition) is 5. The second-order valence-corrected chi connectivity index (χ2v) is 6.62. The molecule has 0 radical (unpaired) electrons. The first kappa shape index (κ1) is 16.2. The summed E-state index contributed by atoms with van der Waals surface area (Å²) in [5.41, 5.74) is -0.0465. The normalized spacial score (nSPS) is 18.5. The highest BCUT2D eigenvalue weighted by molar-refractivity contribution is 7.94. The predicted octanol–water partition coefficient (Wildman–Crippen LogP) is 1.17. The van der Waals surface area contributed by atoms with Crippen LogP contribution in [0.5, 0.6) is 5.75 Å². The molecule has 22 heavy (non-hydrogen) atoms. The lowest BCUT2D eigenvalue weighted by Gasteiger charge is -2.21. The van der Waals surface area contributed by atoms with Gasteiger partial charge in [0.1, 0.15) is 5.75 Å². The van der Waals surface area contributed by atoms with E-state index in [1.807, 2.05) is 5.32 Å². The van der Waals surface area contributed by atoms with E-state index < -0.39 is 27.2 Å². The number of benzene rings is 1. The number of hydrogen-bond donors (Lipinski definition) is 2. The van der Waals surface area contributed by atoms with Gasteiger partial charge in [-0.25, -0.2) is 18.2 Å². The number of rotatable bonds is 4. The Morgan fingerprint density at radius 1 is 1.36 bits per heavy atom. The zero-order valence-electron chi connectivity index (χ0n) is 11.6. The number of sulfonamides is 1. The number of anilines is 1. The van der Waals surface area contributed by atoms with Gasteiger partial charge in [0.05, 0.1) is 18.5 Å². The van der Waals surface area contributed by atoms with Gasteiger partial charge in [0.25, 0.3) is 5.91 Å². The van der Waals surface area contributed by atoms with E-state index in [4.69, 9.17) is 16.3 Å². The summed E-state index contributed by atoms with van der Waals surface area (Å²) >= 11 is 5.83. The molecule has 0 fully saturated rings. The summed E-state index contributed by atoms with van der Waals surface area (Å²) in [4.78, 5) is 26.3. The van der Waals surface area contributed by atoms with Crippen molar-refractivity contribution in [2.24, 2.45) is 4.99 Å². The molecule has 0 spiro atoms. The second kappa shape index (κ2) is 5.93. The number of ether oxygens (including phenoxy) is 1. The quantitative estimate of drug-likeness (QED) is 0.850. The van der Waals surface area contributed by atoms with Crippen molar-refractivity contribution in [1.82, 2.24) is 5.32 Å². The van der Waals surface area contributed by atoms with Crippen LogP contribution in [0.3, 0.4) is 0 Å². The molecule has 0 bridgehead atoms. The van der Waals surface area contributed by atoms with Gasteiger partial charge < -0.3 is 4.74 Å². The van der Waals surface area contributed by atoms with Crippen molar-refractivity contribution in [1.29, 1.82) is 0 Å². The molecule has 0 aromatic heterocycles. The molecule has 1 unspecified atom stereocenters. The van der Waals surface area contributed by atoms with Gasteiger partial charge in [-0.3, -0.25) is 14.8 Å². The summed E-state index contributed by atoms with van der Waals surface area (Å²) < 4.78 is 32.1. The number of methoxy groups -OCH3 is 1. The summed E-state index contributed by atoms with van der Waals surface area (Å²) in [5.74, 6) is -0.735. The van der Waals surface area contributed by atoms with Crippen LogP contribution in [0.4, 0.5) is 10.5 Å². The first-order chi connectivity index (χ1) is 10.2. The fourth-order valence-corrected chi connectivity index (χ4v) is 3.54. The zero-order chi connectivity index (χ0) is 16.5. The highest BCUT2D eigenvalue weighted by Gasteiger charge is 2.39. The largest absolute Gasteiger partial charge is 0.495 e. The van der Waals surface area contributed by atoms with Crippen LogP contribution in [0.2, 0.25) is 5.02 Å². The van der Waals surface area contributed by atoms with E-state index in [0.29, 0.717) is 0 Å². The molecule has 0 saturated carbocycles. The van der Waals surface area contributed by atoms with E-state index in [2.05, 4.69) is 9.71 Å². The van der Waals surface area contributed by atoms with Gasteiger partial charge in [-0.2, -0.15) is 0 Å². The predicted molar refractivity (Wildman–Crippen MR) is 81.0 cm³/mol. The Labute approximate surface area is 131 Å². The standard InChI is InChI=1S/C12H12ClN3O5S/c1-6-10(11(17)15-12(18)14-6)22(19,20)16-8-5-7(13)3-4-9(8)21-2/h3-5,10,16H,1-2H3,(H,15,17,18). The van der Waals surface area contributed by atoms with Crippen LogP contribution in [0.15, 0.2) is 23.2 Å². The number of urea groups is 1. The van der Waals surface area contributed by atoms with E-state index in [1.165, 1.54) is 32.2 Å². The van der Waals surface area contributed by atoms with Crippen LogP contribution in [0.1, 0.15) is 6.92 Å². The minimum absolute atomic E-state index is 0.0764. The molecule has 10 heteroatoms. The van der Waals surface area contributed by atoms with Gasteiger partial charge >= 0.3 is 6.03 Å². The monoisotopic (exact) mass is 345 g/mol. The minimum atomic E-state index is -4.19. The van der Waals surface area contributed by atoms with Crippen LogP contribution in [0, 0.1) is 0 Å². The summed E-state index contributed by atoms with van der Waals surface area (Å²) in [6.45, 7) is 1.29. The lowest BCUT2D eigenvalue weighted by molar-refractivity contribution is -0.118. The maximum Gasteiger partial charge on any atom is 0.347 e. The Bertz CT molecular complexity index is 775. The van der Waals surface area contributed by atoms with Crippen molar-refractivity contribution < 1.29 is 22.7 Å². The van der Waals surface area contributed by atoms with Crippen molar-refractivity contribution in [3.05, 3.63) is 23.2 Å². The number of nitrogens with one attached hydrogen (secondary N) is 2. The molecular formula is C12H12ClN3O5S. The number of aliphatic imine (C=N–C) groups is 1. The maximum absolute atomic E-state index is 12.4. The van der Waals surface area contributed by atoms with Crippen LogP contribution in [-0.2, 0) is 14.8 Å². The topological polar surface area (TPSA) is 114 Å². The average Bonchev–Trinajstić information content (AvgIpc) is 2.36. The summed E-state index contributed by atoms with van der Waals surface area (Å²) in [5, 5.41) is 0.517. The molecule has 8 nitrogen and oxygen atoms in total. The van der Waals surface area contributed by atoms with Crippen LogP contribution in [0.25, 0.3) is 0 Å². The lowest BCUT2D eigenvalue weighted by Crippen LogP contribution is -2.51. The van der Waals surface area contributed by atoms with E-state index >= 15 is 0 Å². The molecule has 118 valence electrons. The zero-order valence-corrected chi connectivity index (χ0v) is 13.2. The average molecular weight is 346 g/mol. The van der Waals surface area contributed by atoms with Crippen molar-refractivity contribution in [3.63, 3.8) is 0 Å². The SMILES string of the molecule is COc1ccc(Cl)cc1NS(=O)(=O)C1C(=O)NC(=O)N=C1C. The fourth-order valence-electron chi connectivity index (χ4n) is 1.95. The Morgan fingerprint density at radius 2 is 2.05 bits per heavy atom. The molecule has 1 aliphatic rings. The Kier molecular flexibility index (Phi) is 4.38. The van der Waals surface area contributed by atoms with Gasteiger partial charge in [0, 0.05) is 5.02 Å². The molecule has 2 N–H and O–H groups in total. The van der Waals surface area contributed by atoms with Crippen LogP contribution >= 0.6 is 11.6 Å². The number of carbonyl (C=O) groups excluding carboxylic acids is 2.